The minimum atomic E-state index is -0.226. The van der Waals surface area contributed by atoms with E-state index in [1.165, 1.54) is 18.5 Å². The summed E-state index contributed by atoms with van der Waals surface area (Å²) in [6.45, 7) is 7.53. The maximum absolute atomic E-state index is 12.2. The summed E-state index contributed by atoms with van der Waals surface area (Å²) < 4.78 is 0. The normalized spacial score (nSPS) is 18.6. The van der Waals surface area contributed by atoms with Crippen LogP contribution in [0, 0.1) is 6.92 Å². The summed E-state index contributed by atoms with van der Waals surface area (Å²) >= 11 is 0. The molecule has 0 unspecified atom stereocenters. The first-order chi connectivity index (χ1) is 12.0. The first-order valence-corrected chi connectivity index (χ1v) is 9.24. The molecule has 0 aromatic heterocycles. The van der Waals surface area contributed by atoms with Crippen molar-refractivity contribution in [2.24, 2.45) is 0 Å². The van der Waals surface area contributed by atoms with Gasteiger partial charge in [-0.2, -0.15) is 0 Å². The SMILES string of the molecule is Cc1cc(N2CCCC2)ccc1NC(=O)N[C@@H](C)CN1CCCC1=O. The van der Waals surface area contributed by atoms with Gasteiger partial charge in [0, 0.05) is 50.0 Å². The Balaban J connectivity index is 1.52. The van der Waals surface area contributed by atoms with Crippen LogP contribution in [0.1, 0.15) is 38.2 Å². The standard InChI is InChI=1S/C19H28N4O2/c1-14-12-16(22-9-3-4-10-22)7-8-17(14)21-19(25)20-15(2)13-23-11-5-6-18(23)24/h7-8,12,15H,3-6,9-11,13H2,1-2H3,(H2,20,21,25)/t15-/m0/s1. The highest BCUT2D eigenvalue weighted by atomic mass is 16.2. The molecular weight excluding hydrogens is 316 g/mol. The van der Waals surface area contributed by atoms with Gasteiger partial charge in [-0.15, -0.1) is 0 Å². The Morgan fingerprint density at radius 3 is 2.60 bits per heavy atom. The van der Waals surface area contributed by atoms with Crippen molar-refractivity contribution in [1.82, 2.24) is 10.2 Å². The minimum Gasteiger partial charge on any atom is -0.372 e. The molecule has 2 N–H and O–H groups in total. The van der Waals surface area contributed by atoms with Crippen molar-refractivity contribution in [1.29, 1.82) is 0 Å². The van der Waals surface area contributed by atoms with E-state index < -0.39 is 0 Å². The zero-order chi connectivity index (χ0) is 17.8. The number of rotatable bonds is 5. The van der Waals surface area contributed by atoms with Crippen LogP contribution in [-0.2, 0) is 4.79 Å². The van der Waals surface area contributed by atoms with Crippen LogP contribution in [0.2, 0.25) is 0 Å². The van der Waals surface area contributed by atoms with Gasteiger partial charge in [0.1, 0.15) is 0 Å². The van der Waals surface area contributed by atoms with Crippen LogP contribution in [0.15, 0.2) is 18.2 Å². The van der Waals surface area contributed by atoms with E-state index in [1.807, 2.05) is 24.8 Å². The predicted octanol–water partition coefficient (Wildman–Crippen LogP) is 2.73. The lowest BCUT2D eigenvalue weighted by atomic mass is 10.1. The van der Waals surface area contributed by atoms with Gasteiger partial charge >= 0.3 is 6.03 Å². The van der Waals surface area contributed by atoms with Crippen molar-refractivity contribution in [3.8, 4) is 0 Å². The lowest BCUT2D eigenvalue weighted by Gasteiger charge is -2.22. The maximum Gasteiger partial charge on any atom is 0.319 e. The topological polar surface area (TPSA) is 64.7 Å². The molecular formula is C19H28N4O2. The molecule has 3 rings (SSSR count). The fourth-order valence-electron chi connectivity index (χ4n) is 3.62. The lowest BCUT2D eigenvalue weighted by Crippen LogP contribution is -2.44. The van der Waals surface area contributed by atoms with E-state index in [2.05, 4.69) is 27.7 Å². The van der Waals surface area contributed by atoms with Gasteiger partial charge in [0.2, 0.25) is 5.91 Å². The van der Waals surface area contributed by atoms with E-state index in [1.54, 1.807) is 0 Å². The van der Waals surface area contributed by atoms with Crippen molar-refractivity contribution in [2.75, 3.05) is 36.4 Å². The molecule has 2 aliphatic heterocycles. The Labute approximate surface area is 149 Å². The largest absolute Gasteiger partial charge is 0.372 e. The number of carbonyl (C=O) groups is 2. The molecule has 25 heavy (non-hydrogen) atoms. The zero-order valence-corrected chi connectivity index (χ0v) is 15.2. The summed E-state index contributed by atoms with van der Waals surface area (Å²) in [5, 5.41) is 5.84. The zero-order valence-electron chi connectivity index (χ0n) is 15.2. The van der Waals surface area contributed by atoms with Crippen LogP contribution in [0.4, 0.5) is 16.2 Å². The van der Waals surface area contributed by atoms with Gasteiger partial charge in [-0.25, -0.2) is 4.79 Å². The summed E-state index contributed by atoms with van der Waals surface area (Å²) in [6, 6.07) is 5.87. The summed E-state index contributed by atoms with van der Waals surface area (Å²) in [4.78, 5) is 28.1. The number of hydrogen-bond acceptors (Lipinski definition) is 3. The highest BCUT2D eigenvalue weighted by Gasteiger charge is 2.22. The van der Waals surface area contributed by atoms with E-state index in [4.69, 9.17) is 0 Å². The number of aryl methyl sites for hydroxylation is 1. The molecule has 1 aromatic carbocycles. The molecule has 1 atom stereocenters. The van der Waals surface area contributed by atoms with Crippen molar-refractivity contribution >= 4 is 23.3 Å². The van der Waals surface area contributed by atoms with Crippen LogP contribution in [0.3, 0.4) is 0 Å². The highest BCUT2D eigenvalue weighted by molar-refractivity contribution is 5.90. The second kappa shape index (κ2) is 7.76. The smallest absolute Gasteiger partial charge is 0.319 e. The molecule has 3 amide bonds. The maximum atomic E-state index is 12.2. The Morgan fingerprint density at radius 2 is 1.96 bits per heavy atom. The summed E-state index contributed by atoms with van der Waals surface area (Å²) in [6.07, 6.45) is 4.04. The van der Waals surface area contributed by atoms with E-state index in [-0.39, 0.29) is 18.0 Å². The Morgan fingerprint density at radius 1 is 1.20 bits per heavy atom. The van der Waals surface area contributed by atoms with Gasteiger partial charge in [-0.1, -0.05) is 0 Å². The molecule has 0 spiro atoms. The number of benzene rings is 1. The van der Waals surface area contributed by atoms with Crippen LogP contribution in [0.5, 0.6) is 0 Å². The molecule has 2 saturated heterocycles. The number of carbonyl (C=O) groups excluding carboxylic acids is 2. The number of nitrogens with one attached hydrogen (secondary N) is 2. The van der Waals surface area contributed by atoms with Gasteiger partial charge in [-0.05, 0) is 56.9 Å². The van der Waals surface area contributed by atoms with E-state index in [0.717, 1.165) is 37.3 Å². The van der Waals surface area contributed by atoms with Crippen molar-refractivity contribution < 1.29 is 9.59 Å². The summed E-state index contributed by atoms with van der Waals surface area (Å²) in [5.74, 6) is 0.183. The summed E-state index contributed by atoms with van der Waals surface area (Å²) in [7, 11) is 0. The molecule has 0 aliphatic carbocycles. The molecule has 136 valence electrons. The van der Waals surface area contributed by atoms with Gasteiger partial charge in [-0.3, -0.25) is 4.79 Å². The average molecular weight is 344 g/mol. The van der Waals surface area contributed by atoms with E-state index >= 15 is 0 Å². The number of hydrogen-bond donors (Lipinski definition) is 2. The number of anilines is 2. The van der Waals surface area contributed by atoms with Gasteiger partial charge < -0.3 is 20.4 Å². The number of urea groups is 1. The molecule has 6 nitrogen and oxygen atoms in total. The first kappa shape index (κ1) is 17.6. The first-order valence-electron chi connectivity index (χ1n) is 9.24. The number of nitrogens with zero attached hydrogens (tertiary/aromatic N) is 2. The van der Waals surface area contributed by atoms with Crippen LogP contribution in [0.25, 0.3) is 0 Å². The van der Waals surface area contributed by atoms with Crippen molar-refractivity contribution in [3.05, 3.63) is 23.8 Å². The fraction of sp³-hybridized carbons (Fsp3) is 0.579. The molecule has 0 bridgehead atoms. The third-order valence-electron chi connectivity index (χ3n) is 4.97. The third-order valence-corrected chi connectivity index (χ3v) is 4.97. The Hall–Kier alpha value is -2.24. The average Bonchev–Trinajstić information content (AvgIpc) is 3.22. The van der Waals surface area contributed by atoms with Crippen LogP contribution in [-0.4, -0.2) is 49.1 Å². The van der Waals surface area contributed by atoms with Crippen LogP contribution < -0.4 is 15.5 Å². The molecule has 1 aromatic rings. The molecule has 0 saturated carbocycles. The second-order valence-electron chi connectivity index (χ2n) is 7.14. The number of likely N-dealkylation sites (tertiary alicyclic amines) is 1. The molecule has 0 radical (unpaired) electrons. The monoisotopic (exact) mass is 344 g/mol. The van der Waals surface area contributed by atoms with Crippen LogP contribution >= 0.6 is 0 Å². The number of amides is 3. The predicted molar refractivity (Wildman–Crippen MR) is 100 cm³/mol. The van der Waals surface area contributed by atoms with Gasteiger partial charge in [0.25, 0.3) is 0 Å². The molecule has 6 heteroatoms. The quantitative estimate of drug-likeness (QED) is 0.863. The Kier molecular flexibility index (Phi) is 5.46. The fourth-order valence-corrected chi connectivity index (χ4v) is 3.62. The lowest BCUT2D eigenvalue weighted by molar-refractivity contribution is -0.127. The third kappa shape index (κ3) is 4.44. The molecule has 2 aliphatic rings. The van der Waals surface area contributed by atoms with Crippen molar-refractivity contribution in [3.63, 3.8) is 0 Å². The van der Waals surface area contributed by atoms with Gasteiger partial charge in [0.15, 0.2) is 0 Å². The molecule has 2 fully saturated rings. The Bertz CT molecular complexity index is 640. The highest BCUT2D eigenvalue weighted by Crippen LogP contribution is 2.25. The minimum absolute atomic E-state index is 0.0776. The second-order valence-corrected chi connectivity index (χ2v) is 7.14. The van der Waals surface area contributed by atoms with E-state index in [9.17, 15) is 9.59 Å². The van der Waals surface area contributed by atoms with Crippen molar-refractivity contribution in [2.45, 2.75) is 45.6 Å². The summed E-state index contributed by atoms with van der Waals surface area (Å²) in [5.41, 5.74) is 3.11. The van der Waals surface area contributed by atoms with Gasteiger partial charge in [0.05, 0.1) is 0 Å². The van der Waals surface area contributed by atoms with E-state index in [0.29, 0.717) is 13.0 Å². The molecule has 2 heterocycles.